The smallest absolute Gasteiger partial charge is 0.387 e. The van der Waals surface area contributed by atoms with Gasteiger partial charge < -0.3 is 19.2 Å². The molecule has 158 valence electrons. The summed E-state index contributed by atoms with van der Waals surface area (Å²) in [6.45, 7) is -3.22. The second kappa shape index (κ2) is 8.17. The molecule has 2 heterocycles. The van der Waals surface area contributed by atoms with Crippen LogP contribution < -0.4 is 18.9 Å². The van der Waals surface area contributed by atoms with E-state index < -0.39 is 40.1 Å². The van der Waals surface area contributed by atoms with Crippen molar-refractivity contribution < 1.29 is 31.4 Å². The van der Waals surface area contributed by atoms with Gasteiger partial charge in [0.25, 0.3) is 21.8 Å². The Morgan fingerprint density at radius 2 is 1.87 bits per heavy atom. The van der Waals surface area contributed by atoms with Crippen molar-refractivity contribution in [2.24, 2.45) is 0 Å². The molecule has 0 aliphatic carbocycles. The summed E-state index contributed by atoms with van der Waals surface area (Å²) in [6.07, 6.45) is 1.16. The lowest BCUT2D eigenvalue weighted by molar-refractivity contribution is -0.0533. The molecule has 0 bridgehead atoms. The highest BCUT2D eigenvalue weighted by Crippen LogP contribution is 2.37. The van der Waals surface area contributed by atoms with Crippen LogP contribution in [0.25, 0.3) is 10.9 Å². The number of fused-ring (bicyclic) bond motifs is 1. The van der Waals surface area contributed by atoms with Crippen LogP contribution in [-0.4, -0.2) is 44.2 Å². The van der Waals surface area contributed by atoms with Gasteiger partial charge in [-0.3, -0.25) is 0 Å². The number of ether oxygens (including phenoxy) is 3. The Labute approximate surface area is 173 Å². The molecule has 0 saturated carbocycles. The second-order valence-corrected chi connectivity index (χ2v) is 7.55. The summed E-state index contributed by atoms with van der Waals surface area (Å²) in [5.74, 6) is -2.07. The molecule has 0 radical (unpaired) electrons. The van der Waals surface area contributed by atoms with Gasteiger partial charge in [-0.1, -0.05) is 11.6 Å². The largest absolute Gasteiger partial charge is 0.478 e. The first kappa shape index (κ1) is 21.3. The van der Waals surface area contributed by atoms with E-state index in [0.717, 1.165) is 20.4 Å². The van der Waals surface area contributed by atoms with Crippen LogP contribution in [0, 0.1) is 11.3 Å². The minimum absolute atomic E-state index is 0.0729. The predicted molar refractivity (Wildman–Crippen MR) is 101 cm³/mol. The van der Waals surface area contributed by atoms with Crippen LogP contribution in [0.2, 0.25) is 5.02 Å². The number of hydrogen-bond acceptors (Lipinski definition) is 8. The van der Waals surface area contributed by atoms with Gasteiger partial charge in [0.1, 0.15) is 11.0 Å². The molecular weight excluding hydrogens is 448 g/mol. The standard InChI is InChI=1S/C16H12ClF2N5O5S/c1-27-13-12(29-15(18)19)14(28-2)23-16(22-13)24-30(25,26)10-6-21-11-7(10)3-4-9(17)8(11)5-20/h3-4,6,15,21H,1-2H3,(H,22,23,24). The Morgan fingerprint density at radius 3 is 2.40 bits per heavy atom. The summed E-state index contributed by atoms with van der Waals surface area (Å²) >= 11 is 5.95. The van der Waals surface area contributed by atoms with Crippen LogP contribution in [-0.2, 0) is 10.0 Å². The fourth-order valence-corrected chi connectivity index (χ4v) is 3.89. The molecule has 0 spiro atoms. The minimum atomic E-state index is -4.28. The zero-order chi connectivity index (χ0) is 22.1. The zero-order valence-corrected chi connectivity index (χ0v) is 16.8. The van der Waals surface area contributed by atoms with Gasteiger partial charge in [0.05, 0.1) is 30.3 Å². The molecule has 0 unspecified atom stereocenters. The number of nitriles is 1. The number of rotatable bonds is 7. The number of benzene rings is 1. The Balaban J connectivity index is 2.06. The molecule has 2 aromatic heterocycles. The topological polar surface area (TPSA) is 139 Å². The Bertz CT molecular complexity index is 1230. The van der Waals surface area contributed by atoms with E-state index in [9.17, 15) is 22.5 Å². The van der Waals surface area contributed by atoms with E-state index in [0.29, 0.717) is 0 Å². The van der Waals surface area contributed by atoms with Crippen LogP contribution in [0.3, 0.4) is 0 Å². The van der Waals surface area contributed by atoms with Crippen molar-refractivity contribution in [2.75, 3.05) is 18.9 Å². The molecule has 0 saturated heterocycles. The Kier molecular flexibility index (Phi) is 5.81. The molecule has 0 aliphatic heterocycles. The molecule has 3 aromatic rings. The fraction of sp³-hybridized carbons (Fsp3) is 0.188. The quantitative estimate of drug-likeness (QED) is 0.549. The SMILES string of the molecule is COc1nc(NS(=O)(=O)c2c[nH]c3c(C#N)c(Cl)ccc23)nc(OC)c1OC(F)F. The number of aromatic nitrogens is 3. The molecule has 2 N–H and O–H groups in total. The van der Waals surface area contributed by atoms with Crippen LogP contribution in [0.4, 0.5) is 14.7 Å². The molecule has 30 heavy (non-hydrogen) atoms. The molecule has 3 rings (SSSR count). The van der Waals surface area contributed by atoms with E-state index in [-0.39, 0.29) is 26.4 Å². The third-order valence-corrected chi connectivity index (χ3v) is 5.47. The maximum atomic E-state index is 12.9. The van der Waals surface area contributed by atoms with Gasteiger partial charge in [0, 0.05) is 11.6 Å². The first-order valence-corrected chi connectivity index (χ1v) is 9.75. The van der Waals surface area contributed by atoms with Crippen LogP contribution in [0.1, 0.15) is 5.56 Å². The molecular formula is C16H12ClF2N5O5S. The highest BCUT2D eigenvalue weighted by Gasteiger charge is 2.26. The first-order chi connectivity index (χ1) is 14.2. The molecule has 10 nitrogen and oxygen atoms in total. The summed E-state index contributed by atoms with van der Waals surface area (Å²) in [4.78, 5) is 9.93. The van der Waals surface area contributed by atoms with Crippen molar-refractivity contribution in [3.63, 3.8) is 0 Å². The molecule has 0 aliphatic rings. The van der Waals surface area contributed by atoms with Crippen molar-refractivity contribution in [3.05, 3.63) is 28.9 Å². The maximum Gasteiger partial charge on any atom is 0.387 e. The van der Waals surface area contributed by atoms with Crippen LogP contribution in [0.15, 0.2) is 23.2 Å². The van der Waals surface area contributed by atoms with Gasteiger partial charge in [-0.25, -0.2) is 13.1 Å². The first-order valence-electron chi connectivity index (χ1n) is 7.89. The average Bonchev–Trinajstić information content (AvgIpc) is 3.13. The van der Waals surface area contributed by atoms with Gasteiger partial charge in [0.2, 0.25) is 11.7 Å². The summed E-state index contributed by atoms with van der Waals surface area (Å²) in [7, 11) is -2.05. The number of nitrogens with one attached hydrogen (secondary N) is 2. The van der Waals surface area contributed by atoms with Gasteiger partial charge in [0.15, 0.2) is 0 Å². The van der Waals surface area contributed by atoms with Gasteiger partial charge in [-0.2, -0.15) is 24.0 Å². The number of methoxy groups -OCH3 is 2. The van der Waals surface area contributed by atoms with E-state index in [1.165, 1.54) is 12.1 Å². The van der Waals surface area contributed by atoms with Gasteiger partial charge in [-0.15, -0.1) is 0 Å². The van der Waals surface area contributed by atoms with Crippen LogP contribution in [0.5, 0.6) is 17.5 Å². The summed E-state index contributed by atoms with van der Waals surface area (Å²) in [5, 5.41) is 9.58. The van der Waals surface area contributed by atoms with Gasteiger partial charge in [-0.05, 0) is 12.1 Å². The number of nitrogens with zero attached hydrogens (tertiary/aromatic N) is 3. The normalized spacial score (nSPS) is 11.4. The van der Waals surface area contributed by atoms with E-state index in [4.69, 9.17) is 21.1 Å². The van der Waals surface area contributed by atoms with Crippen LogP contribution >= 0.6 is 11.6 Å². The van der Waals surface area contributed by atoms with Crippen molar-refractivity contribution >= 4 is 38.5 Å². The lowest BCUT2D eigenvalue weighted by Crippen LogP contribution is -2.16. The van der Waals surface area contributed by atoms with Crippen molar-refractivity contribution in [1.29, 1.82) is 5.26 Å². The number of hydrogen-bond donors (Lipinski definition) is 2. The van der Waals surface area contributed by atoms with Crippen molar-refractivity contribution in [2.45, 2.75) is 11.5 Å². The number of alkyl halides is 2. The van der Waals surface area contributed by atoms with Crippen molar-refractivity contribution in [1.82, 2.24) is 15.0 Å². The summed E-state index contributed by atoms with van der Waals surface area (Å²) in [6, 6.07) is 4.70. The number of H-pyrrole nitrogens is 1. The maximum absolute atomic E-state index is 12.9. The van der Waals surface area contributed by atoms with E-state index in [1.807, 2.05) is 6.07 Å². The third kappa shape index (κ3) is 3.87. The number of sulfonamides is 1. The lowest BCUT2D eigenvalue weighted by Gasteiger charge is -2.14. The number of anilines is 1. The molecule has 1 aromatic carbocycles. The number of aromatic amines is 1. The molecule has 0 atom stereocenters. The number of halogens is 3. The minimum Gasteiger partial charge on any atom is -0.478 e. The average molecular weight is 460 g/mol. The highest BCUT2D eigenvalue weighted by atomic mass is 35.5. The van der Waals surface area contributed by atoms with E-state index >= 15 is 0 Å². The second-order valence-electron chi connectivity index (χ2n) is 5.49. The predicted octanol–water partition coefficient (Wildman–Crippen LogP) is 2.90. The van der Waals surface area contributed by atoms with Crippen molar-refractivity contribution in [3.8, 4) is 23.6 Å². The molecule has 14 heteroatoms. The lowest BCUT2D eigenvalue weighted by atomic mass is 10.1. The summed E-state index contributed by atoms with van der Waals surface area (Å²) < 4.78 is 67.1. The highest BCUT2D eigenvalue weighted by molar-refractivity contribution is 7.93. The van der Waals surface area contributed by atoms with E-state index in [1.54, 1.807) is 0 Å². The molecule has 0 fully saturated rings. The third-order valence-electron chi connectivity index (χ3n) is 3.79. The van der Waals surface area contributed by atoms with Gasteiger partial charge >= 0.3 is 6.61 Å². The van der Waals surface area contributed by atoms with E-state index in [2.05, 4.69) is 24.4 Å². The zero-order valence-electron chi connectivity index (χ0n) is 15.2. The monoisotopic (exact) mass is 459 g/mol. The fourth-order valence-electron chi connectivity index (χ4n) is 2.58. The summed E-state index contributed by atoms with van der Waals surface area (Å²) in [5.41, 5.74) is 0.297. The Morgan fingerprint density at radius 1 is 1.23 bits per heavy atom. The molecule has 0 amide bonds. The Hall–Kier alpha value is -3.37.